The summed E-state index contributed by atoms with van der Waals surface area (Å²) in [5, 5.41) is 0. The zero-order valence-corrected chi connectivity index (χ0v) is 16.0. The molecule has 0 spiro atoms. The Kier molecular flexibility index (Phi) is 5.79. The van der Waals surface area contributed by atoms with Gasteiger partial charge in [-0.2, -0.15) is 0 Å². The minimum absolute atomic E-state index is 0.0796. The molecule has 0 aliphatic carbocycles. The van der Waals surface area contributed by atoms with E-state index in [2.05, 4.69) is 4.72 Å². The van der Waals surface area contributed by atoms with E-state index in [9.17, 15) is 13.2 Å². The highest BCUT2D eigenvalue weighted by Crippen LogP contribution is 2.22. The molecule has 8 heteroatoms. The topological polar surface area (TPSA) is 84.9 Å². The molecule has 1 amide bonds. The molecule has 0 saturated carbocycles. The van der Waals surface area contributed by atoms with Crippen LogP contribution in [0.3, 0.4) is 0 Å². The van der Waals surface area contributed by atoms with Gasteiger partial charge >= 0.3 is 0 Å². The standard InChI is InChI=1S/C19H22N2O5S/c1-14-4-3-5-18(10-14)27(23,24)20-11-17-12-21(19(22)13-26-17)15-6-8-16(25-2)9-7-15/h3-10,17,20H,11-13H2,1-2H3. The van der Waals surface area contributed by atoms with Crippen molar-refractivity contribution in [1.82, 2.24) is 4.72 Å². The normalized spacial score (nSPS) is 17.8. The lowest BCUT2D eigenvalue weighted by atomic mass is 10.2. The first kappa shape index (κ1) is 19.3. The smallest absolute Gasteiger partial charge is 0.253 e. The van der Waals surface area contributed by atoms with Gasteiger partial charge in [-0.05, 0) is 48.9 Å². The van der Waals surface area contributed by atoms with E-state index < -0.39 is 16.1 Å². The maximum Gasteiger partial charge on any atom is 0.253 e. The molecule has 0 radical (unpaired) electrons. The Morgan fingerprint density at radius 2 is 1.96 bits per heavy atom. The van der Waals surface area contributed by atoms with Crippen molar-refractivity contribution in [2.24, 2.45) is 0 Å². The van der Waals surface area contributed by atoms with E-state index in [1.165, 1.54) is 0 Å². The van der Waals surface area contributed by atoms with Crippen LogP contribution in [0.5, 0.6) is 5.75 Å². The van der Waals surface area contributed by atoms with Crippen LogP contribution in [0.2, 0.25) is 0 Å². The van der Waals surface area contributed by atoms with Gasteiger partial charge in [-0.1, -0.05) is 12.1 Å². The second kappa shape index (κ2) is 8.08. The van der Waals surface area contributed by atoms with Crippen LogP contribution in [-0.2, 0) is 19.6 Å². The Bertz CT molecular complexity index is 912. The zero-order valence-electron chi connectivity index (χ0n) is 15.2. The molecule has 2 aromatic carbocycles. The number of rotatable bonds is 6. The van der Waals surface area contributed by atoms with Gasteiger partial charge in [0.2, 0.25) is 10.0 Å². The molecule has 1 aliphatic rings. The number of nitrogens with zero attached hydrogens (tertiary/aromatic N) is 1. The number of aryl methyl sites for hydroxylation is 1. The van der Waals surface area contributed by atoms with E-state index in [0.29, 0.717) is 5.75 Å². The van der Waals surface area contributed by atoms with Crippen LogP contribution in [0.4, 0.5) is 5.69 Å². The molecule has 7 nitrogen and oxygen atoms in total. The first-order chi connectivity index (χ1) is 12.9. The third-order valence-corrected chi connectivity index (χ3v) is 5.74. The highest BCUT2D eigenvalue weighted by Gasteiger charge is 2.28. The number of carbonyl (C=O) groups is 1. The molecule has 3 rings (SSSR count). The predicted molar refractivity (Wildman–Crippen MR) is 101 cm³/mol. The molecule has 1 unspecified atom stereocenters. The summed E-state index contributed by atoms with van der Waals surface area (Å²) in [5.74, 6) is 0.528. The van der Waals surface area contributed by atoms with Gasteiger partial charge in [0.15, 0.2) is 0 Å². The van der Waals surface area contributed by atoms with Crippen LogP contribution in [0.15, 0.2) is 53.4 Å². The van der Waals surface area contributed by atoms with Crippen molar-refractivity contribution < 1.29 is 22.7 Å². The molecule has 1 aliphatic heterocycles. The van der Waals surface area contributed by atoms with Gasteiger partial charge < -0.3 is 14.4 Å². The number of anilines is 1. The van der Waals surface area contributed by atoms with Crippen molar-refractivity contribution in [3.63, 3.8) is 0 Å². The molecule has 1 atom stereocenters. The Balaban J connectivity index is 1.66. The van der Waals surface area contributed by atoms with Crippen molar-refractivity contribution in [3.8, 4) is 5.75 Å². The Morgan fingerprint density at radius 3 is 2.63 bits per heavy atom. The number of sulfonamides is 1. The average molecular weight is 390 g/mol. The molecule has 0 bridgehead atoms. The highest BCUT2D eigenvalue weighted by molar-refractivity contribution is 7.89. The zero-order chi connectivity index (χ0) is 19.4. The summed E-state index contributed by atoms with van der Waals surface area (Å²) in [6.07, 6.45) is -0.440. The number of morpholine rings is 1. The fourth-order valence-electron chi connectivity index (χ4n) is 2.83. The quantitative estimate of drug-likeness (QED) is 0.812. The molecule has 1 saturated heterocycles. The number of benzene rings is 2. The Morgan fingerprint density at radius 1 is 1.22 bits per heavy atom. The molecule has 0 aromatic heterocycles. The van der Waals surface area contributed by atoms with Crippen molar-refractivity contribution in [2.75, 3.05) is 31.7 Å². The summed E-state index contributed by atoms with van der Waals surface area (Å²) >= 11 is 0. The van der Waals surface area contributed by atoms with Gasteiger partial charge in [0.1, 0.15) is 12.4 Å². The van der Waals surface area contributed by atoms with Gasteiger partial charge in [0, 0.05) is 12.2 Å². The number of carbonyl (C=O) groups excluding carboxylic acids is 1. The average Bonchev–Trinajstić information content (AvgIpc) is 2.67. The first-order valence-corrected chi connectivity index (χ1v) is 10.00. The van der Waals surface area contributed by atoms with Crippen LogP contribution < -0.4 is 14.4 Å². The van der Waals surface area contributed by atoms with Gasteiger partial charge in [0.05, 0.1) is 24.7 Å². The predicted octanol–water partition coefficient (Wildman–Crippen LogP) is 1.71. The van der Waals surface area contributed by atoms with E-state index >= 15 is 0 Å². The number of amides is 1. The third kappa shape index (κ3) is 4.65. The largest absolute Gasteiger partial charge is 0.497 e. The second-order valence-corrected chi connectivity index (χ2v) is 8.07. The van der Waals surface area contributed by atoms with Crippen LogP contribution >= 0.6 is 0 Å². The summed E-state index contributed by atoms with van der Waals surface area (Å²) in [7, 11) is -2.06. The maximum atomic E-state index is 12.5. The minimum Gasteiger partial charge on any atom is -0.497 e. The van der Waals surface area contributed by atoms with Crippen LogP contribution in [-0.4, -0.2) is 47.2 Å². The number of methoxy groups -OCH3 is 1. The van der Waals surface area contributed by atoms with Crippen LogP contribution in [0.25, 0.3) is 0 Å². The summed E-state index contributed by atoms with van der Waals surface area (Å²) in [6, 6.07) is 13.8. The molecule has 1 heterocycles. The van der Waals surface area contributed by atoms with Crippen LogP contribution in [0.1, 0.15) is 5.56 Å². The molecular formula is C19H22N2O5S. The van der Waals surface area contributed by atoms with Gasteiger partial charge in [-0.25, -0.2) is 13.1 Å². The monoisotopic (exact) mass is 390 g/mol. The van der Waals surface area contributed by atoms with Gasteiger partial charge in [-0.15, -0.1) is 0 Å². The lowest BCUT2D eigenvalue weighted by molar-refractivity contribution is -0.129. The fraction of sp³-hybridized carbons (Fsp3) is 0.316. The Hall–Kier alpha value is -2.42. The summed E-state index contributed by atoms with van der Waals surface area (Å²) < 4.78 is 38.1. The lowest BCUT2D eigenvalue weighted by Crippen LogP contribution is -2.50. The molecular weight excluding hydrogens is 368 g/mol. The highest BCUT2D eigenvalue weighted by atomic mass is 32.2. The summed E-state index contributed by atoms with van der Waals surface area (Å²) in [4.78, 5) is 14.0. The van der Waals surface area contributed by atoms with E-state index in [0.717, 1.165) is 11.3 Å². The molecule has 27 heavy (non-hydrogen) atoms. The molecule has 1 N–H and O–H groups in total. The molecule has 2 aromatic rings. The second-order valence-electron chi connectivity index (χ2n) is 6.30. The SMILES string of the molecule is COc1ccc(N2CC(CNS(=O)(=O)c3cccc(C)c3)OCC2=O)cc1. The van der Waals surface area contributed by atoms with Crippen molar-refractivity contribution in [3.05, 3.63) is 54.1 Å². The maximum absolute atomic E-state index is 12.5. The molecule has 144 valence electrons. The number of hydrogen-bond donors (Lipinski definition) is 1. The number of ether oxygens (including phenoxy) is 2. The summed E-state index contributed by atoms with van der Waals surface area (Å²) in [5.41, 5.74) is 1.58. The van der Waals surface area contributed by atoms with E-state index in [1.54, 1.807) is 54.5 Å². The summed E-state index contributed by atoms with van der Waals surface area (Å²) in [6.45, 7) is 2.09. The number of hydrogen-bond acceptors (Lipinski definition) is 5. The van der Waals surface area contributed by atoms with E-state index in [1.807, 2.05) is 13.0 Å². The van der Waals surface area contributed by atoms with Gasteiger partial charge in [0.25, 0.3) is 5.91 Å². The van der Waals surface area contributed by atoms with Crippen molar-refractivity contribution in [2.45, 2.75) is 17.9 Å². The fourth-order valence-corrected chi connectivity index (χ4v) is 4.00. The molecule has 1 fully saturated rings. The van der Waals surface area contributed by atoms with E-state index in [-0.39, 0.29) is 30.5 Å². The van der Waals surface area contributed by atoms with E-state index in [4.69, 9.17) is 9.47 Å². The third-order valence-electron chi connectivity index (χ3n) is 4.31. The van der Waals surface area contributed by atoms with Crippen molar-refractivity contribution >= 4 is 21.6 Å². The lowest BCUT2D eigenvalue weighted by Gasteiger charge is -2.32. The van der Waals surface area contributed by atoms with Gasteiger partial charge in [-0.3, -0.25) is 4.79 Å². The first-order valence-electron chi connectivity index (χ1n) is 8.51. The van der Waals surface area contributed by atoms with Crippen LogP contribution in [0, 0.1) is 6.92 Å². The Labute approximate surface area is 158 Å². The minimum atomic E-state index is -3.64. The number of nitrogens with one attached hydrogen (secondary N) is 1. The van der Waals surface area contributed by atoms with Crippen molar-refractivity contribution in [1.29, 1.82) is 0 Å².